The maximum atomic E-state index is 12.0. The molecule has 0 bridgehead atoms. The maximum absolute atomic E-state index is 12.0. The molecular formula is C14H14N6O3. The van der Waals surface area contributed by atoms with Crippen molar-refractivity contribution in [3.05, 3.63) is 38.9 Å². The van der Waals surface area contributed by atoms with E-state index in [0.29, 0.717) is 11.4 Å². The minimum Gasteiger partial charge on any atom is -0.334 e. The third-order valence-corrected chi connectivity index (χ3v) is 4.32. The van der Waals surface area contributed by atoms with Gasteiger partial charge in [0.1, 0.15) is 5.65 Å². The lowest BCUT2D eigenvalue weighted by atomic mass is 9.77. The molecule has 1 saturated carbocycles. The fourth-order valence-electron chi connectivity index (χ4n) is 2.68. The first-order chi connectivity index (χ1) is 11.0. The van der Waals surface area contributed by atoms with E-state index in [-0.39, 0.29) is 16.9 Å². The molecule has 0 aromatic carbocycles. The number of fused-ring (bicyclic) bond motifs is 1. The van der Waals surface area contributed by atoms with Crippen LogP contribution in [0, 0.1) is 0 Å². The van der Waals surface area contributed by atoms with Gasteiger partial charge in [-0.2, -0.15) is 4.98 Å². The minimum absolute atomic E-state index is 0.249. The smallest absolute Gasteiger partial charge is 0.329 e. The van der Waals surface area contributed by atoms with Gasteiger partial charge in [0, 0.05) is 13.2 Å². The van der Waals surface area contributed by atoms with Crippen molar-refractivity contribution in [2.45, 2.75) is 24.8 Å². The Hall–Kier alpha value is -2.81. The first-order valence-corrected chi connectivity index (χ1v) is 7.20. The SMILES string of the molecule is Cn1c(=O)[nH]c(=O)c2cc(-c3nc(C4(N)CCC4)no3)cnc21. The fraction of sp³-hybridized carbons (Fsp3) is 0.357. The number of nitrogens with two attached hydrogens (primary N) is 1. The van der Waals surface area contributed by atoms with Crippen molar-refractivity contribution in [3.63, 3.8) is 0 Å². The number of H-pyrrole nitrogens is 1. The number of hydrogen-bond acceptors (Lipinski definition) is 7. The van der Waals surface area contributed by atoms with E-state index in [1.54, 1.807) is 6.07 Å². The molecule has 0 amide bonds. The topological polar surface area (TPSA) is 133 Å². The summed E-state index contributed by atoms with van der Waals surface area (Å²) in [5.41, 5.74) is 5.42. The van der Waals surface area contributed by atoms with Crippen LogP contribution in [0.15, 0.2) is 26.4 Å². The average Bonchev–Trinajstić information content (AvgIpc) is 3.00. The zero-order valence-electron chi connectivity index (χ0n) is 12.4. The normalized spacial score (nSPS) is 16.4. The lowest BCUT2D eigenvalue weighted by molar-refractivity contribution is 0.229. The van der Waals surface area contributed by atoms with Gasteiger partial charge in [-0.3, -0.25) is 14.3 Å². The predicted molar refractivity (Wildman–Crippen MR) is 80.6 cm³/mol. The van der Waals surface area contributed by atoms with E-state index >= 15 is 0 Å². The van der Waals surface area contributed by atoms with Crippen LogP contribution in [-0.2, 0) is 12.6 Å². The molecule has 3 heterocycles. The molecule has 3 aromatic heterocycles. The lowest BCUT2D eigenvalue weighted by Gasteiger charge is -2.34. The van der Waals surface area contributed by atoms with Crippen LogP contribution in [0.5, 0.6) is 0 Å². The molecule has 118 valence electrons. The van der Waals surface area contributed by atoms with Crippen LogP contribution >= 0.6 is 0 Å². The molecule has 3 aromatic rings. The van der Waals surface area contributed by atoms with Gasteiger partial charge in [-0.05, 0) is 25.3 Å². The van der Waals surface area contributed by atoms with E-state index in [9.17, 15) is 9.59 Å². The Kier molecular flexibility index (Phi) is 2.76. The van der Waals surface area contributed by atoms with Crippen molar-refractivity contribution in [3.8, 4) is 11.5 Å². The Labute approximate surface area is 129 Å². The molecule has 4 rings (SSSR count). The fourth-order valence-corrected chi connectivity index (χ4v) is 2.68. The molecule has 0 saturated heterocycles. The molecule has 0 unspecified atom stereocenters. The third-order valence-electron chi connectivity index (χ3n) is 4.32. The number of nitrogens with one attached hydrogen (secondary N) is 1. The van der Waals surface area contributed by atoms with E-state index in [0.717, 1.165) is 19.3 Å². The summed E-state index contributed by atoms with van der Waals surface area (Å²) in [6.45, 7) is 0. The number of nitrogens with zero attached hydrogens (tertiary/aromatic N) is 4. The van der Waals surface area contributed by atoms with Gasteiger partial charge in [-0.1, -0.05) is 5.16 Å². The van der Waals surface area contributed by atoms with Crippen molar-refractivity contribution in [1.82, 2.24) is 24.7 Å². The maximum Gasteiger partial charge on any atom is 0.329 e. The summed E-state index contributed by atoms with van der Waals surface area (Å²) in [6, 6.07) is 1.57. The van der Waals surface area contributed by atoms with Gasteiger partial charge in [-0.25, -0.2) is 9.78 Å². The third kappa shape index (κ3) is 2.00. The highest BCUT2D eigenvalue weighted by Gasteiger charge is 2.39. The van der Waals surface area contributed by atoms with Gasteiger partial charge < -0.3 is 10.3 Å². The Morgan fingerprint density at radius 1 is 1.39 bits per heavy atom. The molecular weight excluding hydrogens is 300 g/mol. The Morgan fingerprint density at radius 3 is 2.87 bits per heavy atom. The van der Waals surface area contributed by atoms with E-state index in [1.165, 1.54) is 17.8 Å². The van der Waals surface area contributed by atoms with Gasteiger partial charge in [0.05, 0.1) is 16.5 Å². The molecule has 0 aliphatic heterocycles. The highest BCUT2D eigenvalue weighted by atomic mass is 16.5. The van der Waals surface area contributed by atoms with E-state index in [4.69, 9.17) is 10.3 Å². The van der Waals surface area contributed by atoms with Crippen LogP contribution in [-0.4, -0.2) is 24.7 Å². The highest BCUT2D eigenvalue weighted by molar-refractivity contribution is 5.78. The Bertz CT molecular complexity index is 1030. The minimum atomic E-state index is -0.520. The monoisotopic (exact) mass is 314 g/mol. The van der Waals surface area contributed by atoms with Crippen LogP contribution in [0.2, 0.25) is 0 Å². The number of pyridine rings is 1. The Morgan fingerprint density at radius 2 is 2.17 bits per heavy atom. The van der Waals surface area contributed by atoms with Crippen molar-refractivity contribution < 1.29 is 4.52 Å². The molecule has 1 fully saturated rings. The lowest BCUT2D eigenvalue weighted by Crippen LogP contribution is -2.44. The summed E-state index contributed by atoms with van der Waals surface area (Å²) < 4.78 is 6.52. The van der Waals surface area contributed by atoms with Crippen LogP contribution < -0.4 is 17.0 Å². The first-order valence-electron chi connectivity index (χ1n) is 7.20. The van der Waals surface area contributed by atoms with E-state index < -0.39 is 16.8 Å². The Balaban J connectivity index is 1.84. The molecule has 0 radical (unpaired) electrons. The number of rotatable bonds is 2. The molecule has 3 N–H and O–H groups in total. The second kappa shape index (κ2) is 4.59. The van der Waals surface area contributed by atoms with Crippen molar-refractivity contribution >= 4 is 11.0 Å². The second-order valence-electron chi connectivity index (χ2n) is 5.85. The van der Waals surface area contributed by atoms with Gasteiger partial charge in [0.2, 0.25) is 0 Å². The van der Waals surface area contributed by atoms with Gasteiger partial charge in [0.25, 0.3) is 11.4 Å². The van der Waals surface area contributed by atoms with Crippen molar-refractivity contribution in [2.24, 2.45) is 12.8 Å². The van der Waals surface area contributed by atoms with Gasteiger partial charge in [0.15, 0.2) is 5.82 Å². The van der Waals surface area contributed by atoms with Gasteiger partial charge >= 0.3 is 5.69 Å². The second-order valence-corrected chi connectivity index (χ2v) is 5.85. The van der Waals surface area contributed by atoms with Crippen molar-refractivity contribution in [1.29, 1.82) is 0 Å². The first kappa shape index (κ1) is 13.8. The molecule has 1 aliphatic carbocycles. The van der Waals surface area contributed by atoms with Gasteiger partial charge in [-0.15, -0.1) is 0 Å². The number of aromatic nitrogens is 5. The summed E-state index contributed by atoms with van der Waals surface area (Å²) in [5, 5.41) is 4.21. The summed E-state index contributed by atoms with van der Waals surface area (Å²) >= 11 is 0. The number of hydrogen-bond donors (Lipinski definition) is 2. The average molecular weight is 314 g/mol. The summed E-state index contributed by atoms with van der Waals surface area (Å²) in [5.74, 6) is 0.715. The summed E-state index contributed by atoms with van der Waals surface area (Å²) in [7, 11) is 1.53. The van der Waals surface area contributed by atoms with Crippen LogP contribution in [0.25, 0.3) is 22.5 Å². The van der Waals surface area contributed by atoms with Crippen LogP contribution in [0.1, 0.15) is 25.1 Å². The summed E-state index contributed by atoms with van der Waals surface area (Å²) in [6.07, 6.45) is 4.18. The number of aromatic amines is 1. The van der Waals surface area contributed by atoms with Crippen LogP contribution in [0.4, 0.5) is 0 Å². The molecule has 1 aliphatic rings. The molecule has 23 heavy (non-hydrogen) atoms. The van der Waals surface area contributed by atoms with Crippen molar-refractivity contribution in [2.75, 3.05) is 0 Å². The molecule has 9 nitrogen and oxygen atoms in total. The highest BCUT2D eigenvalue weighted by Crippen LogP contribution is 2.37. The van der Waals surface area contributed by atoms with E-state index in [2.05, 4.69) is 20.1 Å². The van der Waals surface area contributed by atoms with E-state index in [1.807, 2.05) is 0 Å². The number of aryl methyl sites for hydroxylation is 1. The molecule has 0 atom stereocenters. The quantitative estimate of drug-likeness (QED) is 0.680. The zero-order valence-corrected chi connectivity index (χ0v) is 12.4. The molecule has 9 heteroatoms. The zero-order chi connectivity index (χ0) is 16.2. The summed E-state index contributed by atoms with van der Waals surface area (Å²) in [4.78, 5) is 34.3. The largest absolute Gasteiger partial charge is 0.334 e. The van der Waals surface area contributed by atoms with Crippen LogP contribution in [0.3, 0.4) is 0 Å². The standard InChI is InChI=1S/C14H14N6O3/c1-20-9-8(10(21)17-13(20)22)5-7(6-16-9)11-18-12(19-23-11)14(15)3-2-4-14/h5-6H,2-4,15H2,1H3,(H,17,21,22). The predicted octanol–water partition coefficient (Wildman–Crippen LogP) is 0.00970. The molecule has 0 spiro atoms.